The molecule has 2 N–H and O–H groups in total. The fraction of sp³-hybridized carbons (Fsp3) is 0.333. The number of aliphatic hydroxyl groups is 1. The molecule has 0 aliphatic carbocycles. The number of hydrogen-bond donors (Lipinski definition) is 2. The maximum atomic E-state index is 13.3. The van der Waals surface area contributed by atoms with E-state index in [9.17, 15) is 19.8 Å². The summed E-state index contributed by atoms with van der Waals surface area (Å²) in [5.41, 5.74) is 0.453. The lowest BCUT2D eigenvalue weighted by Crippen LogP contribution is -2.61. The molecule has 0 saturated carbocycles. The Kier molecular flexibility index (Phi) is 6.97. The smallest absolute Gasteiger partial charge is 0.324 e. The van der Waals surface area contributed by atoms with Crippen molar-refractivity contribution in [2.45, 2.75) is 13.5 Å². The molecule has 1 fully saturated rings. The molecule has 1 saturated heterocycles. The van der Waals surface area contributed by atoms with E-state index in [0.29, 0.717) is 21.3 Å². The second-order valence-electron chi connectivity index (χ2n) is 7.66. The highest BCUT2D eigenvalue weighted by molar-refractivity contribution is 9.10. The van der Waals surface area contributed by atoms with E-state index in [-0.39, 0.29) is 25.7 Å². The van der Waals surface area contributed by atoms with Crippen LogP contribution in [0.4, 0.5) is 10.5 Å². The molecule has 2 atom stereocenters. The number of rotatable bonds is 6. The number of anilines is 1. The third-order valence-corrected chi connectivity index (χ3v) is 6.52. The number of carbonyl (C=O) groups is 2. The number of carbonyl (C=O) groups excluding carboxylic acids is 1. The molecule has 30 heavy (non-hydrogen) atoms. The minimum Gasteiger partial charge on any atom is -0.481 e. The summed E-state index contributed by atoms with van der Waals surface area (Å²) in [6.45, 7) is 1.76. The van der Waals surface area contributed by atoms with Crippen molar-refractivity contribution in [3.05, 3.63) is 62.5 Å². The summed E-state index contributed by atoms with van der Waals surface area (Å²) in [7, 11) is 0. The van der Waals surface area contributed by atoms with Crippen LogP contribution in [-0.4, -0.2) is 46.8 Å². The summed E-state index contributed by atoms with van der Waals surface area (Å²) in [4.78, 5) is 28.3. The van der Waals surface area contributed by atoms with Crippen molar-refractivity contribution < 1.29 is 19.8 Å². The van der Waals surface area contributed by atoms with Crippen LogP contribution in [0.5, 0.6) is 0 Å². The number of urea groups is 1. The summed E-state index contributed by atoms with van der Waals surface area (Å²) >= 11 is 15.7. The molecular weight excluding hydrogens is 495 g/mol. The SMILES string of the molecule is CC1(C(CO)C(=O)O)CN(Cc2ccc(Cl)cc2Cl)C(=O)N(c2ccc(Br)cc2)C1. The highest BCUT2D eigenvalue weighted by atomic mass is 79.9. The topological polar surface area (TPSA) is 81.1 Å². The van der Waals surface area contributed by atoms with E-state index < -0.39 is 23.9 Å². The van der Waals surface area contributed by atoms with Gasteiger partial charge in [0, 0.05) is 45.3 Å². The van der Waals surface area contributed by atoms with Crippen LogP contribution in [0.1, 0.15) is 12.5 Å². The molecule has 0 aromatic heterocycles. The molecule has 6 nitrogen and oxygen atoms in total. The van der Waals surface area contributed by atoms with Gasteiger partial charge < -0.3 is 15.1 Å². The van der Waals surface area contributed by atoms with E-state index in [1.165, 1.54) is 0 Å². The number of aliphatic carboxylic acids is 1. The molecule has 1 heterocycles. The number of aliphatic hydroxyl groups excluding tert-OH is 1. The number of carboxylic acids is 1. The standard InChI is InChI=1S/C21H21BrCl2N2O4/c1-21(17(10-27)19(28)29)11-25(9-13-2-5-15(23)8-18(13)24)20(30)26(12-21)16-6-3-14(22)4-7-16/h2-8,17,27H,9-12H2,1H3,(H,28,29). The Balaban J connectivity index is 2.00. The quantitative estimate of drug-likeness (QED) is 0.573. The van der Waals surface area contributed by atoms with Gasteiger partial charge in [-0.1, -0.05) is 52.1 Å². The van der Waals surface area contributed by atoms with E-state index in [4.69, 9.17) is 23.2 Å². The van der Waals surface area contributed by atoms with Crippen LogP contribution in [0, 0.1) is 11.3 Å². The Labute approximate surface area is 193 Å². The highest BCUT2D eigenvalue weighted by Crippen LogP contribution is 2.37. The molecule has 2 aromatic rings. The largest absolute Gasteiger partial charge is 0.481 e. The van der Waals surface area contributed by atoms with Gasteiger partial charge in [0.15, 0.2) is 0 Å². The predicted molar refractivity (Wildman–Crippen MR) is 120 cm³/mol. The number of hydrogen-bond acceptors (Lipinski definition) is 3. The molecule has 0 radical (unpaired) electrons. The summed E-state index contributed by atoms with van der Waals surface area (Å²) in [5.74, 6) is -2.14. The minimum absolute atomic E-state index is 0.162. The van der Waals surface area contributed by atoms with Gasteiger partial charge in [0.25, 0.3) is 0 Å². The normalized spacial score (nSPS) is 20.4. The van der Waals surface area contributed by atoms with Crippen LogP contribution in [-0.2, 0) is 11.3 Å². The highest BCUT2D eigenvalue weighted by Gasteiger charge is 2.47. The van der Waals surface area contributed by atoms with Crippen LogP contribution in [0.15, 0.2) is 46.9 Å². The fourth-order valence-electron chi connectivity index (χ4n) is 3.77. The van der Waals surface area contributed by atoms with Crippen molar-refractivity contribution in [2.75, 3.05) is 24.6 Å². The monoisotopic (exact) mass is 514 g/mol. The Morgan fingerprint density at radius 3 is 2.43 bits per heavy atom. The van der Waals surface area contributed by atoms with Gasteiger partial charge in [0.2, 0.25) is 0 Å². The second-order valence-corrected chi connectivity index (χ2v) is 9.42. The Bertz CT molecular complexity index is 957. The van der Waals surface area contributed by atoms with E-state index in [1.807, 2.05) is 12.1 Å². The summed E-state index contributed by atoms with van der Waals surface area (Å²) in [5, 5.41) is 20.4. The van der Waals surface area contributed by atoms with Gasteiger partial charge in [-0.15, -0.1) is 0 Å². The van der Waals surface area contributed by atoms with Gasteiger partial charge in [0.1, 0.15) is 0 Å². The number of benzene rings is 2. The zero-order valence-electron chi connectivity index (χ0n) is 16.2. The lowest BCUT2D eigenvalue weighted by atomic mass is 9.75. The molecular formula is C21H21BrCl2N2O4. The van der Waals surface area contributed by atoms with Crippen LogP contribution < -0.4 is 4.90 Å². The second kappa shape index (κ2) is 9.14. The Hall–Kier alpha value is -1.80. The van der Waals surface area contributed by atoms with Crippen LogP contribution in [0.25, 0.3) is 0 Å². The first kappa shape index (κ1) is 22.9. The van der Waals surface area contributed by atoms with Crippen molar-refractivity contribution in [3.8, 4) is 0 Å². The van der Waals surface area contributed by atoms with Gasteiger partial charge in [-0.2, -0.15) is 0 Å². The summed E-state index contributed by atoms with van der Waals surface area (Å²) in [6.07, 6.45) is 0. The first-order chi connectivity index (χ1) is 14.1. The number of halogens is 3. The third kappa shape index (κ3) is 4.75. The van der Waals surface area contributed by atoms with Gasteiger partial charge in [0.05, 0.1) is 12.5 Å². The van der Waals surface area contributed by atoms with Gasteiger partial charge in [-0.25, -0.2) is 4.79 Å². The van der Waals surface area contributed by atoms with Crippen molar-refractivity contribution in [2.24, 2.45) is 11.3 Å². The van der Waals surface area contributed by atoms with Crippen LogP contribution in [0.3, 0.4) is 0 Å². The molecule has 0 bridgehead atoms. The fourth-order valence-corrected chi connectivity index (χ4v) is 4.50. The van der Waals surface area contributed by atoms with Gasteiger partial charge in [-0.3, -0.25) is 9.69 Å². The molecule has 1 aliphatic rings. The Morgan fingerprint density at radius 1 is 1.20 bits per heavy atom. The van der Waals surface area contributed by atoms with E-state index >= 15 is 0 Å². The molecule has 3 rings (SSSR count). The van der Waals surface area contributed by atoms with Crippen LogP contribution >= 0.6 is 39.1 Å². The number of nitrogens with zero attached hydrogens (tertiary/aromatic N) is 2. The van der Waals surface area contributed by atoms with E-state index in [1.54, 1.807) is 47.1 Å². The molecule has 2 aromatic carbocycles. The van der Waals surface area contributed by atoms with Crippen molar-refractivity contribution in [1.82, 2.24) is 4.90 Å². The zero-order chi connectivity index (χ0) is 22.1. The van der Waals surface area contributed by atoms with Gasteiger partial charge in [-0.05, 0) is 42.0 Å². The molecule has 160 valence electrons. The summed E-state index contributed by atoms with van der Waals surface area (Å²) in [6, 6.07) is 12.0. The van der Waals surface area contributed by atoms with E-state index in [0.717, 1.165) is 4.47 Å². The molecule has 2 amide bonds. The van der Waals surface area contributed by atoms with E-state index in [2.05, 4.69) is 15.9 Å². The average Bonchev–Trinajstić information content (AvgIpc) is 2.67. The number of amides is 2. The summed E-state index contributed by atoms with van der Waals surface area (Å²) < 4.78 is 0.863. The van der Waals surface area contributed by atoms with Crippen molar-refractivity contribution in [3.63, 3.8) is 0 Å². The molecule has 1 aliphatic heterocycles. The first-order valence-electron chi connectivity index (χ1n) is 9.24. The first-order valence-corrected chi connectivity index (χ1v) is 10.8. The lowest BCUT2D eigenvalue weighted by molar-refractivity contribution is -0.149. The maximum absolute atomic E-state index is 13.3. The lowest BCUT2D eigenvalue weighted by Gasteiger charge is -2.48. The maximum Gasteiger partial charge on any atom is 0.324 e. The average molecular weight is 516 g/mol. The number of carboxylic acid groups (broad SMARTS) is 1. The van der Waals surface area contributed by atoms with Crippen molar-refractivity contribution in [1.29, 1.82) is 0 Å². The third-order valence-electron chi connectivity index (χ3n) is 5.41. The molecule has 2 unspecified atom stereocenters. The predicted octanol–water partition coefficient (Wildman–Crippen LogP) is 4.90. The Morgan fingerprint density at radius 2 is 1.87 bits per heavy atom. The van der Waals surface area contributed by atoms with Gasteiger partial charge >= 0.3 is 12.0 Å². The van der Waals surface area contributed by atoms with Crippen molar-refractivity contribution >= 4 is 56.8 Å². The zero-order valence-corrected chi connectivity index (χ0v) is 19.3. The molecule has 0 spiro atoms. The minimum atomic E-state index is -1.10. The van der Waals surface area contributed by atoms with Crippen LogP contribution in [0.2, 0.25) is 10.0 Å². The molecule has 9 heteroatoms.